The van der Waals surface area contributed by atoms with Crippen molar-refractivity contribution in [3.05, 3.63) is 5.92 Å². The van der Waals surface area contributed by atoms with E-state index in [1.807, 2.05) is 20.8 Å². The first-order chi connectivity index (χ1) is 12.8. The van der Waals surface area contributed by atoms with Gasteiger partial charge in [-0.2, -0.15) is 0 Å². The summed E-state index contributed by atoms with van der Waals surface area (Å²) in [4.78, 5) is 30.2. The SMILES string of the molecule is CCCCCCCCCCCCCCCCC(CCC)([C](C)C)[Si](O)(O)O. The molecule has 1 radical (unpaired) electrons. The summed E-state index contributed by atoms with van der Waals surface area (Å²) in [6, 6.07) is 0. The van der Waals surface area contributed by atoms with Crippen molar-refractivity contribution in [2.24, 2.45) is 0 Å². The third-order valence-electron chi connectivity index (χ3n) is 6.23. The van der Waals surface area contributed by atoms with Gasteiger partial charge in [0.1, 0.15) is 0 Å². The molecule has 0 bridgehead atoms. The van der Waals surface area contributed by atoms with Crippen molar-refractivity contribution in [3.8, 4) is 0 Å². The second-order valence-electron chi connectivity index (χ2n) is 8.81. The standard InChI is InChI=1S/C23H49O3Si/c1-5-7-8-9-10-11-12-13-14-15-16-17-18-19-21-23(20-6-2,22(3)4)27(24,25)26/h24-26H,5-21H2,1-4H3. The Hall–Kier alpha value is 0.0969. The summed E-state index contributed by atoms with van der Waals surface area (Å²) in [6.07, 6.45) is 20.7. The van der Waals surface area contributed by atoms with Gasteiger partial charge in [0, 0.05) is 5.04 Å². The van der Waals surface area contributed by atoms with E-state index in [0.717, 1.165) is 25.2 Å². The van der Waals surface area contributed by atoms with E-state index >= 15 is 0 Å². The maximum absolute atomic E-state index is 10.1. The van der Waals surface area contributed by atoms with E-state index in [1.54, 1.807) is 0 Å². The maximum atomic E-state index is 10.1. The summed E-state index contributed by atoms with van der Waals surface area (Å²) in [5, 5.41) is -0.751. The molecule has 0 aliphatic heterocycles. The minimum Gasteiger partial charge on any atom is -0.390 e. The van der Waals surface area contributed by atoms with Gasteiger partial charge in [-0.15, -0.1) is 0 Å². The van der Waals surface area contributed by atoms with Gasteiger partial charge in [0.05, 0.1) is 0 Å². The summed E-state index contributed by atoms with van der Waals surface area (Å²) in [5.41, 5.74) is 0. The molecule has 3 nitrogen and oxygen atoms in total. The molecule has 27 heavy (non-hydrogen) atoms. The summed E-state index contributed by atoms with van der Waals surface area (Å²) >= 11 is 0. The van der Waals surface area contributed by atoms with E-state index in [0.29, 0.717) is 12.8 Å². The zero-order valence-corrected chi connectivity index (χ0v) is 19.9. The molecule has 1 unspecified atom stereocenters. The molecule has 0 saturated heterocycles. The summed E-state index contributed by atoms with van der Waals surface area (Å²) in [6.45, 7) is 8.18. The van der Waals surface area contributed by atoms with Crippen LogP contribution in [0.4, 0.5) is 0 Å². The van der Waals surface area contributed by atoms with E-state index in [1.165, 1.54) is 77.0 Å². The monoisotopic (exact) mass is 401 g/mol. The lowest BCUT2D eigenvalue weighted by molar-refractivity contribution is 0.167. The Morgan fingerprint density at radius 1 is 0.556 bits per heavy atom. The van der Waals surface area contributed by atoms with Gasteiger partial charge >= 0.3 is 8.80 Å². The molecule has 1 atom stereocenters. The number of hydrogen-bond donors (Lipinski definition) is 3. The second kappa shape index (κ2) is 16.0. The molecule has 0 fully saturated rings. The Kier molecular flexibility index (Phi) is 16.0. The molecule has 0 spiro atoms. The highest BCUT2D eigenvalue weighted by Crippen LogP contribution is 2.51. The van der Waals surface area contributed by atoms with Gasteiger partial charge in [0.25, 0.3) is 0 Å². The molecular formula is C23H49O3Si. The minimum absolute atomic E-state index is 0.670. The first kappa shape index (κ1) is 27.1. The molecule has 0 aromatic carbocycles. The molecule has 4 heteroatoms. The van der Waals surface area contributed by atoms with Crippen molar-refractivity contribution in [1.82, 2.24) is 0 Å². The van der Waals surface area contributed by atoms with Crippen LogP contribution in [0.3, 0.4) is 0 Å². The molecule has 0 aliphatic carbocycles. The van der Waals surface area contributed by atoms with Crippen molar-refractivity contribution >= 4 is 8.80 Å². The Labute approximate surface area is 171 Å². The first-order valence-electron chi connectivity index (χ1n) is 11.8. The lowest BCUT2D eigenvalue weighted by atomic mass is 9.85. The van der Waals surface area contributed by atoms with Crippen LogP contribution in [0.5, 0.6) is 0 Å². The Bertz CT molecular complexity index is 328. The quantitative estimate of drug-likeness (QED) is 0.162. The highest BCUT2D eigenvalue weighted by molar-refractivity contribution is 6.60. The molecule has 163 valence electrons. The van der Waals surface area contributed by atoms with Crippen LogP contribution in [0.25, 0.3) is 0 Å². The smallest absolute Gasteiger partial charge is 0.390 e. The second-order valence-corrected chi connectivity index (χ2v) is 11.0. The van der Waals surface area contributed by atoms with Crippen LogP contribution < -0.4 is 0 Å². The highest BCUT2D eigenvalue weighted by atomic mass is 28.4. The van der Waals surface area contributed by atoms with E-state index in [4.69, 9.17) is 0 Å². The largest absolute Gasteiger partial charge is 0.499 e. The molecule has 0 aromatic rings. The van der Waals surface area contributed by atoms with Crippen molar-refractivity contribution < 1.29 is 14.4 Å². The molecule has 0 amide bonds. The minimum atomic E-state index is -4.16. The fraction of sp³-hybridized carbons (Fsp3) is 0.957. The maximum Gasteiger partial charge on any atom is 0.499 e. The Morgan fingerprint density at radius 2 is 0.926 bits per heavy atom. The van der Waals surface area contributed by atoms with Crippen LogP contribution in [-0.2, 0) is 0 Å². The molecule has 0 heterocycles. The molecule has 0 saturated carbocycles. The van der Waals surface area contributed by atoms with Crippen LogP contribution in [0.2, 0.25) is 5.04 Å². The molecule has 0 rings (SSSR count). The van der Waals surface area contributed by atoms with Crippen LogP contribution in [-0.4, -0.2) is 23.2 Å². The van der Waals surface area contributed by atoms with E-state index in [-0.39, 0.29) is 0 Å². The van der Waals surface area contributed by atoms with Gasteiger partial charge in [0.2, 0.25) is 0 Å². The number of hydrogen-bond acceptors (Lipinski definition) is 3. The summed E-state index contributed by atoms with van der Waals surface area (Å²) in [5.74, 6) is 0.971. The predicted molar refractivity (Wildman–Crippen MR) is 120 cm³/mol. The van der Waals surface area contributed by atoms with E-state index in [9.17, 15) is 14.4 Å². The van der Waals surface area contributed by atoms with Crippen LogP contribution >= 0.6 is 0 Å². The van der Waals surface area contributed by atoms with E-state index < -0.39 is 13.8 Å². The van der Waals surface area contributed by atoms with Gasteiger partial charge in [0.15, 0.2) is 0 Å². The van der Waals surface area contributed by atoms with Gasteiger partial charge in [-0.05, 0) is 18.8 Å². The van der Waals surface area contributed by atoms with E-state index in [2.05, 4.69) is 6.92 Å². The first-order valence-corrected chi connectivity index (χ1v) is 13.6. The molecular weight excluding hydrogens is 352 g/mol. The zero-order valence-electron chi connectivity index (χ0n) is 18.9. The van der Waals surface area contributed by atoms with Crippen LogP contribution in [0.1, 0.15) is 137 Å². The van der Waals surface area contributed by atoms with Crippen molar-refractivity contribution in [1.29, 1.82) is 0 Å². The van der Waals surface area contributed by atoms with Crippen molar-refractivity contribution in [3.63, 3.8) is 0 Å². The highest BCUT2D eigenvalue weighted by Gasteiger charge is 2.54. The van der Waals surface area contributed by atoms with Crippen molar-refractivity contribution in [2.45, 2.75) is 142 Å². The van der Waals surface area contributed by atoms with Crippen molar-refractivity contribution in [2.75, 3.05) is 0 Å². The molecule has 3 N–H and O–H groups in total. The molecule has 0 aromatic heterocycles. The summed E-state index contributed by atoms with van der Waals surface area (Å²) in [7, 11) is -4.16. The lowest BCUT2D eigenvalue weighted by Crippen LogP contribution is -2.51. The third kappa shape index (κ3) is 11.6. The normalized spacial score (nSPS) is 14.7. The van der Waals surface area contributed by atoms with Crippen LogP contribution in [0.15, 0.2) is 0 Å². The van der Waals surface area contributed by atoms with Gasteiger partial charge in [-0.1, -0.05) is 124 Å². The van der Waals surface area contributed by atoms with Gasteiger partial charge in [-0.3, -0.25) is 0 Å². The fourth-order valence-corrected chi connectivity index (χ4v) is 6.11. The fourth-order valence-electron chi connectivity index (χ4n) is 4.34. The van der Waals surface area contributed by atoms with Gasteiger partial charge in [-0.25, -0.2) is 0 Å². The summed E-state index contributed by atoms with van der Waals surface area (Å²) < 4.78 is 0. The lowest BCUT2D eigenvalue weighted by Gasteiger charge is -2.40. The zero-order chi connectivity index (χ0) is 20.6. The topological polar surface area (TPSA) is 60.7 Å². The molecule has 0 aliphatic rings. The van der Waals surface area contributed by atoms with Gasteiger partial charge < -0.3 is 14.4 Å². The number of rotatable bonds is 19. The average molecular weight is 402 g/mol. The average Bonchev–Trinajstić information content (AvgIpc) is 2.59. The Morgan fingerprint density at radius 3 is 1.22 bits per heavy atom. The predicted octanol–water partition coefficient (Wildman–Crippen LogP) is 6.93. The Balaban J connectivity index is 3.74. The third-order valence-corrected chi connectivity index (χ3v) is 8.52. The number of unbranched alkanes of at least 4 members (excludes halogenated alkanes) is 13. The van der Waals surface area contributed by atoms with Crippen LogP contribution in [0, 0.1) is 5.92 Å².